The summed E-state index contributed by atoms with van der Waals surface area (Å²) in [7, 11) is 1.44. The lowest BCUT2D eigenvalue weighted by Gasteiger charge is -2.11. The third-order valence-electron chi connectivity index (χ3n) is 2.46. The van der Waals surface area contributed by atoms with Crippen molar-refractivity contribution >= 4 is 17.4 Å². The summed E-state index contributed by atoms with van der Waals surface area (Å²) in [6.07, 6.45) is 0. The summed E-state index contributed by atoms with van der Waals surface area (Å²) in [5, 5.41) is 14.1. The molecule has 1 aromatic carbocycles. The third-order valence-corrected chi connectivity index (χ3v) is 2.85. The molecule has 0 amide bonds. The van der Waals surface area contributed by atoms with Crippen molar-refractivity contribution in [3.05, 3.63) is 22.7 Å². The third kappa shape index (κ3) is 1.89. The van der Waals surface area contributed by atoms with Crippen LogP contribution in [0.5, 0.6) is 11.5 Å². The highest BCUT2D eigenvalue weighted by atomic mass is 35.5. The average molecular weight is 255 g/mol. The quantitative estimate of drug-likeness (QED) is 0.861. The Labute approximate surface area is 103 Å². The zero-order chi connectivity index (χ0) is 12.6. The number of methoxy groups -OCH3 is 1. The van der Waals surface area contributed by atoms with E-state index >= 15 is 0 Å². The average Bonchev–Trinajstić information content (AvgIpc) is 2.70. The maximum absolute atomic E-state index is 10.0. The Hall–Kier alpha value is -1.88. The zero-order valence-electron chi connectivity index (χ0n) is 9.32. The Morgan fingerprint density at radius 2 is 2.18 bits per heavy atom. The Balaban J connectivity index is 2.71. The minimum absolute atomic E-state index is 0.0504. The van der Waals surface area contributed by atoms with Gasteiger partial charge in [0.25, 0.3) is 0 Å². The number of ether oxygens (including phenoxy) is 1. The van der Waals surface area contributed by atoms with Gasteiger partial charge >= 0.3 is 0 Å². The van der Waals surface area contributed by atoms with Crippen LogP contribution in [-0.4, -0.2) is 17.4 Å². The van der Waals surface area contributed by atoms with Crippen molar-refractivity contribution in [3.63, 3.8) is 0 Å². The highest BCUT2D eigenvalue weighted by Gasteiger charge is 2.19. The summed E-state index contributed by atoms with van der Waals surface area (Å²) in [6, 6.07) is 3.05. The molecule has 2 rings (SSSR count). The van der Waals surface area contributed by atoms with E-state index in [2.05, 4.69) is 5.16 Å². The molecule has 0 spiro atoms. The smallest absolute Gasteiger partial charge is 0.173 e. The van der Waals surface area contributed by atoms with Gasteiger partial charge in [0.05, 0.1) is 12.7 Å². The first-order chi connectivity index (χ1) is 8.04. The fraction of sp³-hybridized carbons (Fsp3) is 0.182. The van der Waals surface area contributed by atoms with Gasteiger partial charge in [-0.15, -0.1) is 0 Å². The van der Waals surface area contributed by atoms with Gasteiger partial charge in [-0.05, 0) is 12.5 Å². The molecule has 2 aromatic rings. The fourth-order valence-corrected chi connectivity index (χ4v) is 1.77. The summed E-state index contributed by atoms with van der Waals surface area (Å²) >= 11 is 6.04. The minimum atomic E-state index is -0.0504. The predicted molar refractivity (Wildman–Crippen MR) is 64.3 cm³/mol. The number of hydrogen-bond acceptors (Lipinski definition) is 5. The number of aromatic hydroxyl groups is 1. The normalized spacial score (nSPS) is 10.5. The van der Waals surface area contributed by atoms with Gasteiger partial charge in [0.15, 0.2) is 23.1 Å². The van der Waals surface area contributed by atoms with Crippen molar-refractivity contribution in [2.24, 2.45) is 0 Å². The van der Waals surface area contributed by atoms with E-state index in [-0.39, 0.29) is 17.3 Å². The molecule has 6 heteroatoms. The summed E-state index contributed by atoms with van der Waals surface area (Å²) in [6.45, 7) is 1.76. The number of aromatic nitrogens is 1. The second kappa shape index (κ2) is 4.18. The number of phenolic OH excluding ortho intramolecular Hbond substituents is 1. The van der Waals surface area contributed by atoms with E-state index in [9.17, 15) is 5.11 Å². The van der Waals surface area contributed by atoms with E-state index in [0.29, 0.717) is 21.9 Å². The molecule has 0 aliphatic carbocycles. The fourth-order valence-electron chi connectivity index (χ4n) is 1.58. The van der Waals surface area contributed by atoms with Crippen LogP contribution in [0.4, 0.5) is 5.82 Å². The van der Waals surface area contributed by atoms with Gasteiger partial charge in [-0.25, -0.2) is 0 Å². The zero-order valence-corrected chi connectivity index (χ0v) is 10.1. The van der Waals surface area contributed by atoms with Crippen LogP contribution in [0, 0.1) is 6.92 Å². The lowest BCUT2D eigenvalue weighted by atomic mass is 10.0. The molecule has 0 unspecified atom stereocenters. The van der Waals surface area contributed by atoms with Gasteiger partial charge in [-0.1, -0.05) is 16.8 Å². The molecular formula is C11H11ClN2O3. The van der Waals surface area contributed by atoms with Crippen LogP contribution in [0.15, 0.2) is 16.7 Å². The maximum Gasteiger partial charge on any atom is 0.173 e. The predicted octanol–water partition coefficient (Wildman–Crippen LogP) is 2.60. The van der Waals surface area contributed by atoms with Crippen molar-refractivity contribution in [2.45, 2.75) is 6.92 Å². The van der Waals surface area contributed by atoms with Crippen LogP contribution in [0.2, 0.25) is 5.02 Å². The molecule has 90 valence electrons. The molecular weight excluding hydrogens is 244 g/mol. The first-order valence-electron chi connectivity index (χ1n) is 4.83. The summed E-state index contributed by atoms with van der Waals surface area (Å²) < 4.78 is 10.0. The van der Waals surface area contributed by atoms with E-state index in [1.807, 2.05) is 0 Å². The van der Waals surface area contributed by atoms with E-state index in [0.717, 1.165) is 0 Å². The molecule has 17 heavy (non-hydrogen) atoms. The summed E-state index contributed by atoms with van der Waals surface area (Å²) in [4.78, 5) is 0. The number of phenols is 1. The number of benzene rings is 1. The molecule has 0 bridgehead atoms. The van der Waals surface area contributed by atoms with Gasteiger partial charge in [-0.2, -0.15) is 0 Å². The molecule has 5 nitrogen and oxygen atoms in total. The van der Waals surface area contributed by atoms with Crippen LogP contribution in [0.25, 0.3) is 11.3 Å². The number of hydrogen-bond donors (Lipinski definition) is 2. The summed E-state index contributed by atoms with van der Waals surface area (Å²) in [5.74, 6) is 0.798. The minimum Gasteiger partial charge on any atom is -0.504 e. The van der Waals surface area contributed by atoms with E-state index in [1.165, 1.54) is 19.2 Å². The largest absolute Gasteiger partial charge is 0.504 e. The maximum atomic E-state index is 10.0. The number of nitrogens with two attached hydrogens (primary N) is 1. The Kier molecular flexibility index (Phi) is 2.85. The number of halogens is 1. The number of anilines is 1. The van der Waals surface area contributed by atoms with Crippen LogP contribution in [0.1, 0.15) is 5.56 Å². The van der Waals surface area contributed by atoms with Gasteiger partial charge in [0.1, 0.15) is 0 Å². The highest BCUT2D eigenvalue weighted by Crippen LogP contribution is 2.43. The van der Waals surface area contributed by atoms with Crippen molar-refractivity contribution in [1.82, 2.24) is 5.16 Å². The van der Waals surface area contributed by atoms with Gasteiger partial charge in [0, 0.05) is 17.2 Å². The number of rotatable bonds is 2. The lowest BCUT2D eigenvalue weighted by molar-refractivity contribution is 0.371. The Bertz CT molecular complexity index is 566. The molecule has 0 saturated heterocycles. The number of nitrogen functional groups attached to an aromatic ring is 1. The van der Waals surface area contributed by atoms with Crippen molar-refractivity contribution in [2.75, 3.05) is 12.8 Å². The monoisotopic (exact) mass is 254 g/mol. The van der Waals surface area contributed by atoms with Crippen LogP contribution >= 0.6 is 11.6 Å². The topological polar surface area (TPSA) is 81.5 Å². The molecule has 0 saturated carbocycles. The van der Waals surface area contributed by atoms with Crippen LogP contribution in [-0.2, 0) is 0 Å². The van der Waals surface area contributed by atoms with Gasteiger partial charge in [-0.3, -0.25) is 0 Å². The molecule has 0 radical (unpaired) electrons. The molecule has 0 fully saturated rings. The first-order valence-corrected chi connectivity index (χ1v) is 5.21. The molecule has 1 heterocycles. The first kappa shape index (κ1) is 11.6. The molecule has 3 N–H and O–H groups in total. The molecule has 0 aliphatic heterocycles. The standard InChI is InChI=1S/C11H11ClN2O3/c1-5-6(12)3-8(16-2)11(15)10(5)7-4-9(13)14-17-7/h3-4,15H,1-2H3,(H2,13,14). The molecule has 1 aromatic heterocycles. The lowest BCUT2D eigenvalue weighted by Crippen LogP contribution is -1.90. The van der Waals surface area contributed by atoms with E-state index in [1.54, 1.807) is 6.92 Å². The molecule has 0 atom stereocenters. The Morgan fingerprint density at radius 1 is 1.47 bits per heavy atom. The summed E-state index contributed by atoms with van der Waals surface area (Å²) in [5.41, 5.74) is 6.57. The second-order valence-electron chi connectivity index (χ2n) is 3.53. The Morgan fingerprint density at radius 3 is 2.71 bits per heavy atom. The SMILES string of the molecule is COc1cc(Cl)c(C)c(-c2cc(N)no2)c1O. The van der Waals surface area contributed by atoms with Crippen molar-refractivity contribution in [1.29, 1.82) is 0 Å². The van der Waals surface area contributed by atoms with Crippen molar-refractivity contribution < 1.29 is 14.4 Å². The van der Waals surface area contributed by atoms with Gasteiger partial charge in [0.2, 0.25) is 0 Å². The van der Waals surface area contributed by atoms with Gasteiger partial charge < -0.3 is 20.1 Å². The number of nitrogens with zero attached hydrogens (tertiary/aromatic N) is 1. The molecule has 0 aliphatic rings. The van der Waals surface area contributed by atoms with Crippen LogP contribution in [0.3, 0.4) is 0 Å². The second-order valence-corrected chi connectivity index (χ2v) is 3.93. The van der Waals surface area contributed by atoms with E-state index < -0.39 is 0 Å². The highest BCUT2D eigenvalue weighted by molar-refractivity contribution is 6.32. The van der Waals surface area contributed by atoms with E-state index in [4.69, 9.17) is 26.6 Å². The van der Waals surface area contributed by atoms with Crippen LogP contribution < -0.4 is 10.5 Å². The van der Waals surface area contributed by atoms with Crippen molar-refractivity contribution in [3.8, 4) is 22.8 Å².